The van der Waals surface area contributed by atoms with Crippen molar-refractivity contribution < 1.29 is 4.79 Å². The third kappa shape index (κ3) is 4.28. The highest BCUT2D eigenvalue weighted by molar-refractivity contribution is 7.09. The van der Waals surface area contributed by atoms with Crippen molar-refractivity contribution in [2.45, 2.75) is 64.5 Å². The summed E-state index contributed by atoms with van der Waals surface area (Å²) in [6.07, 6.45) is 6.80. The zero-order chi connectivity index (χ0) is 14.5. The van der Waals surface area contributed by atoms with Crippen LogP contribution in [0.4, 0.5) is 0 Å². The van der Waals surface area contributed by atoms with Crippen LogP contribution in [0.15, 0.2) is 5.38 Å². The molecular weight excluding hydrogens is 270 g/mol. The van der Waals surface area contributed by atoms with E-state index in [0.29, 0.717) is 17.7 Å². The molecule has 5 heteroatoms. The second-order valence-electron chi connectivity index (χ2n) is 6.12. The Bertz CT molecular complexity index is 438. The van der Waals surface area contributed by atoms with E-state index in [0.717, 1.165) is 24.3 Å². The van der Waals surface area contributed by atoms with E-state index in [2.05, 4.69) is 24.1 Å². The summed E-state index contributed by atoms with van der Waals surface area (Å²) in [4.78, 5) is 16.6. The van der Waals surface area contributed by atoms with Gasteiger partial charge in [0.15, 0.2) is 0 Å². The minimum absolute atomic E-state index is 0.0452. The Hall–Kier alpha value is -0.940. The van der Waals surface area contributed by atoms with Gasteiger partial charge in [0.2, 0.25) is 0 Å². The molecule has 0 saturated heterocycles. The van der Waals surface area contributed by atoms with Gasteiger partial charge >= 0.3 is 0 Å². The topological polar surface area (TPSA) is 68.0 Å². The number of carbonyl (C=O) groups excluding carboxylic acids is 1. The summed E-state index contributed by atoms with van der Waals surface area (Å²) in [5, 5.41) is 5.79. The lowest BCUT2D eigenvalue weighted by atomic mass is 9.95. The molecule has 112 valence electrons. The van der Waals surface area contributed by atoms with Gasteiger partial charge in [-0.1, -0.05) is 33.1 Å². The highest BCUT2D eigenvalue weighted by atomic mass is 32.1. The zero-order valence-corrected chi connectivity index (χ0v) is 13.2. The molecule has 1 heterocycles. The first-order chi connectivity index (χ1) is 9.56. The molecule has 1 aromatic heterocycles. The van der Waals surface area contributed by atoms with Gasteiger partial charge < -0.3 is 11.1 Å². The van der Waals surface area contributed by atoms with Gasteiger partial charge in [0.25, 0.3) is 5.91 Å². The van der Waals surface area contributed by atoms with E-state index in [1.165, 1.54) is 30.6 Å². The fourth-order valence-electron chi connectivity index (χ4n) is 2.68. The fourth-order valence-corrected chi connectivity index (χ4v) is 3.49. The molecule has 1 saturated carbocycles. The summed E-state index contributed by atoms with van der Waals surface area (Å²) in [5.74, 6) is 0.490. The van der Waals surface area contributed by atoms with Gasteiger partial charge in [-0.2, -0.15) is 0 Å². The highest BCUT2D eigenvalue weighted by Crippen LogP contribution is 2.23. The van der Waals surface area contributed by atoms with Crippen LogP contribution in [-0.4, -0.2) is 16.9 Å². The molecule has 0 bridgehead atoms. The second kappa shape index (κ2) is 7.18. The van der Waals surface area contributed by atoms with E-state index in [4.69, 9.17) is 5.73 Å². The van der Waals surface area contributed by atoms with Crippen LogP contribution >= 0.6 is 11.3 Å². The van der Waals surface area contributed by atoms with Crippen molar-refractivity contribution in [3.05, 3.63) is 16.1 Å². The number of hydrogen-bond acceptors (Lipinski definition) is 4. The molecule has 0 spiro atoms. The van der Waals surface area contributed by atoms with Crippen LogP contribution < -0.4 is 11.1 Å². The number of rotatable bonds is 5. The first kappa shape index (κ1) is 15.4. The number of nitrogens with zero attached hydrogens (tertiary/aromatic N) is 1. The van der Waals surface area contributed by atoms with Gasteiger partial charge in [-0.05, 0) is 25.2 Å². The Kier molecular flexibility index (Phi) is 5.54. The molecule has 4 nitrogen and oxygen atoms in total. The minimum atomic E-state index is -0.0590. The number of hydrogen-bond donors (Lipinski definition) is 2. The maximum absolute atomic E-state index is 12.2. The summed E-state index contributed by atoms with van der Waals surface area (Å²) < 4.78 is 0. The second-order valence-corrected chi connectivity index (χ2v) is 7.01. The van der Waals surface area contributed by atoms with Crippen LogP contribution in [0.1, 0.15) is 73.9 Å². The van der Waals surface area contributed by atoms with Crippen LogP contribution in [0.25, 0.3) is 0 Å². The lowest BCUT2D eigenvalue weighted by Crippen LogP contribution is -2.36. The van der Waals surface area contributed by atoms with Crippen molar-refractivity contribution in [3.63, 3.8) is 0 Å². The third-order valence-electron chi connectivity index (χ3n) is 3.74. The standard InChI is InChI=1S/C15H25N3OS/c1-10(2)8-12(16)15-18-13(9-20-15)14(19)17-11-6-4-3-5-7-11/h9-12H,3-8,16H2,1-2H3,(H,17,19). The molecule has 0 aliphatic heterocycles. The first-order valence-electron chi connectivity index (χ1n) is 7.58. The largest absolute Gasteiger partial charge is 0.348 e. The normalized spacial score (nSPS) is 18.2. The Labute approximate surface area is 125 Å². The monoisotopic (exact) mass is 295 g/mol. The molecule has 20 heavy (non-hydrogen) atoms. The minimum Gasteiger partial charge on any atom is -0.348 e. The molecule has 1 aliphatic carbocycles. The van der Waals surface area contributed by atoms with Crippen LogP contribution in [-0.2, 0) is 0 Å². The maximum atomic E-state index is 12.2. The zero-order valence-electron chi connectivity index (χ0n) is 12.4. The Morgan fingerprint density at radius 3 is 2.80 bits per heavy atom. The predicted octanol–water partition coefficient (Wildman–Crippen LogP) is 3.25. The van der Waals surface area contributed by atoms with E-state index in [1.54, 1.807) is 0 Å². The van der Waals surface area contributed by atoms with Gasteiger partial charge in [-0.3, -0.25) is 4.79 Å². The van der Waals surface area contributed by atoms with Crippen molar-refractivity contribution in [2.75, 3.05) is 0 Å². The molecule has 1 fully saturated rings. The van der Waals surface area contributed by atoms with E-state index < -0.39 is 0 Å². The van der Waals surface area contributed by atoms with Crippen LogP contribution in [0.2, 0.25) is 0 Å². The van der Waals surface area contributed by atoms with Crippen molar-refractivity contribution >= 4 is 17.2 Å². The maximum Gasteiger partial charge on any atom is 0.270 e. The summed E-state index contributed by atoms with van der Waals surface area (Å²) in [6.45, 7) is 4.29. The van der Waals surface area contributed by atoms with Gasteiger partial charge in [0.05, 0.1) is 6.04 Å². The Morgan fingerprint density at radius 1 is 1.45 bits per heavy atom. The average molecular weight is 295 g/mol. The predicted molar refractivity (Wildman–Crippen MR) is 82.8 cm³/mol. The SMILES string of the molecule is CC(C)CC(N)c1nc(C(=O)NC2CCCCC2)cs1. The van der Waals surface area contributed by atoms with Gasteiger partial charge in [-0.25, -0.2) is 4.98 Å². The Morgan fingerprint density at radius 2 is 2.15 bits per heavy atom. The summed E-state index contributed by atoms with van der Waals surface area (Å²) in [7, 11) is 0. The molecule has 1 unspecified atom stereocenters. The van der Waals surface area contributed by atoms with Crippen LogP contribution in [0.3, 0.4) is 0 Å². The molecule has 2 rings (SSSR count). The number of amides is 1. The number of aromatic nitrogens is 1. The van der Waals surface area contributed by atoms with Gasteiger partial charge in [-0.15, -0.1) is 11.3 Å². The molecule has 0 aromatic carbocycles. The summed E-state index contributed by atoms with van der Waals surface area (Å²) in [6, 6.07) is 0.266. The van der Waals surface area contributed by atoms with E-state index in [-0.39, 0.29) is 11.9 Å². The number of carbonyl (C=O) groups is 1. The van der Waals surface area contributed by atoms with E-state index in [9.17, 15) is 4.79 Å². The molecule has 1 aliphatic rings. The van der Waals surface area contributed by atoms with E-state index in [1.807, 2.05) is 5.38 Å². The van der Waals surface area contributed by atoms with Crippen molar-refractivity contribution in [1.29, 1.82) is 0 Å². The van der Waals surface area contributed by atoms with Crippen LogP contribution in [0, 0.1) is 5.92 Å². The number of thiazole rings is 1. The third-order valence-corrected chi connectivity index (χ3v) is 4.71. The first-order valence-corrected chi connectivity index (χ1v) is 8.46. The smallest absolute Gasteiger partial charge is 0.270 e. The van der Waals surface area contributed by atoms with Crippen LogP contribution in [0.5, 0.6) is 0 Å². The quantitative estimate of drug-likeness (QED) is 0.876. The van der Waals surface area contributed by atoms with E-state index >= 15 is 0 Å². The molecule has 0 radical (unpaired) electrons. The van der Waals surface area contributed by atoms with Crippen molar-refractivity contribution in [1.82, 2.24) is 10.3 Å². The number of nitrogens with one attached hydrogen (secondary N) is 1. The lowest BCUT2D eigenvalue weighted by Gasteiger charge is -2.22. The van der Waals surface area contributed by atoms with Crippen molar-refractivity contribution in [2.24, 2.45) is 11.7 Å². The lowest BCUT2D eigenvalue weighted by molar-refractivity contribution is 0.0923. The average Bonchev–Trinajstić information content (AvgIpc) is 2.89. The van der Waals surface area contributed by atoms with Gasteiger partial charge in [0.1, 0.15) is 10.7 Å². The molecule has 1 aromatic rings. The number of nitrogens with two attached hydrogens (primary N) is 1. The molecule has 3 N–H and O–H groups in total. The van der Waals surface area contributed by atoms with Crippen molar-refractivity contribution in [3.8, 4) is 0 Å². The molecule has 1 atom stereocenters. The molecule has 1 amide bonds. The highest BCUT2D eigenvalue weighted by Gasteiger charge is 2.20. The van der Waals surface area contributed by atoms with Gasteiger partial charge in [0, 0.05) is 11.4 Å². The summed E-state index contributed by atoms with van der Waals surface area (Å²) >= 11 is 1.49. The Balaban J connectivity index is 1.92. The molecular formula is C15H25N3OS. The summed E-state index contributed by atoms with van der Waals surface area (Å²) in [5.41, 5.74) is 6.63. The fraction of sp³-hybridized carbons (Fsp3) is 0.733.